The molecule has 0 aromatic carbocycles. The summed E-state index contributed by atoms with van der Waals surface area (Å²) in [5.41, 5.74) is 0. The summed E-state index contributed by atoms with van der Waals surface area (Å²) >= 11 is 5.06. The van der Waals surface area contributed by atoms with Crippen molar-refractivity contribution >= 4 is 18.1 Å². The summed E-state index contributed by atoms with van der Waals surface area (Å²) in [6, 6.07) is 0. The monoisotopic (exact) mass is 326 g/mol. The minimum Gasteiger partial charge on any atom is -0.365 e. The predicted molar refractivity (Wildman–Crippen MR) is 87.1 cm³/mol. The molecule has 6 nitrogen and oxygen atoms in total. The van der Waals surface area contributed by atoms with Crippen LogP contribution in [0.4, 0.5) is 0 Å². The van der Waals surface area contributed by atoms with Crippen molar-refractivity contribution in [1.82, 2.24) is 20.1 Å². The lowest BCUT2D eigenvalue weighted by Gasteiger charge is -2.20. The van der Waals surface area contributed by atoms with Crippen LogP contribution in [0.25, 0.3) is 0 Å². The number of carbonyl (C=O) groups excluding carboxylic acids is 1. The van der Waals surface area contributed by atoms with Crippen molar-refractivity contribution in [3.05, 3.63) is 10.6 Å². The molecule has 22 heavy (non-hydrogen) atoms. The van der Waals surface area contributed by atoms with Gasteiger partial charge in [-0.1, -0.05) is 25.7 Å². The van der Waals surface area contributed by atoms with Gasteiger partial charge >= 0.3 is 0 Å². The van der Waals surface area contributed by atoms with Crippen LogP contribution in [0.5, 0.6) is 0 Å². The summed E-state index contributed by atoms with van der Waals surface area (Å²) in [6.07, 6.45) is 7.60. The van der Waals surface area contributed by atoms with Crippen LogP contribution in [0.1, 0.15) is 51.3 Å². The average molecular weight is 326 g/mol. The molecule has 0 bridgehead atoms. The molecule has 1 aromatic heterocycles. The number of rotatable bonds is 6. The lowest BCUT2D eigenvalue weighted by atomic mass is 10.1. The van der Waals surface area contributed by atoms with Crippen molar-refractivity contribution in [2.45, 2.75) is 64.1 Å². The van der Waals surface area contributed by atoms with E-state index in [-0.39, 0.29) is 12.0 Å². The van der Waals surface area contributed by atoms with Gasteiger partial charge in [-0.25, -0.2) is 0 Å². The Morgan fingerprint density at radius 3 is 2.73 bits per heavy atom. The molecule has 124 valence electrons. The number of aromatic nitrogens is 3. The first-order valence-electron chi connectivity index (χ1n) is 8.11. The first-order chi connectivity index (χ1) is 10.6. The van der Waals surface area contributed by atoms with Crippen LogP contribution in [-0.4, -0.2) is 39.4 Å². The number of hydrogen-bond donors (Lipinski definition) is 2. The second-order valence-corrected chi connectivity index (χ2v) is 6.32. The molecule has 1 amide bonds. The molecule has 1 aliphatic rings. The van der Waals surface area contributed by atoms with E-state index in [9.17, 15) is 4.79 Å². The Morgan fingerprint density at radius 2 is 2.14 bits per heavy atom. The highest BCUT2D eigenvalue weighted by molar-refractivity contribution is 7.71. The topological polar surface area (TPSA) is 71.9 Å². The fraction of sp³-hybridized carbons (Fsp3) is 0.800. The lowest BCUT2D eigenvalue weighted by Crippen LogP contribution is -2.38. The minimum absolute atomic E-state index is 0.0546. The van der Waals surface area contributed by atoms with Gasteiger partial charge in [-0.15, -0.1) is 0 Å². The van der Waals surface area contributed by atoms with Gasteiger partial charge in [0.05, 0.1) is 6.10 Å². The fourth-order valence-electron chi connectivity index (χ4n) is 2.77. The zero-order valence-electron chi connectivity index (χ0n) is 13.4. The van der Waals surface area contributed by atoms with Crippen LogP contribution < -0.4 is 5.32 Å². The average Bonchev–Trinajstić information content (AvgIpc) is 2.72. The van der Waals surface area contributed by atoms with Gasteiger partial charge in [0.15, 0.2) is 4.77 Å². The smallest absolute Gasteiger partial charge is 0.248 e. The number of nitrogens with one attached hydrogen (secondary N) is 2. The Kier molecular flexibility index (Phi) is 6.57. The molecule has 1 heterocycles. The van der Waals surface area contributed by atoms with E-state index in [4.69, 9.17) is 17.0 Å². The zero-order chi connectivity index (χ0) is 15.9. The summed E-state index contributed by atoms with van der Waals surface area (Å²) in [5.74, 6) is 0.781. The standard InChI is InChI=1S/C15H26N4O2S/c1-11(21-12-7-5-3-4-6-8-12)14(20)16-10-9-13-17-18-15(22)19(13)2/h11-12H,3-10H2,1-2H3,(H,16,20)(H,18,22)/t11-/m0/s1. The van der Waals surface area contributed by atoms with Crippen molar-refractivity contribution < 1.29 is 9.53 Å². The summed E-state index contributed by atoms with van der Waals surface area (Å²) in [5, 5.41) is 9.77. The molecule has 1 aliphatic carbocycles. The number of aromatic amines is 1. The quantitative estimate of drug-likeness (QED) is 0.621. The number of hydrogen-bond acceptors (Lipinski definition) is 4. The van der Waals surface area contributed by atoms with Gasteiger partial charge in [0, 0.05) is 20.0 Å². The first-order valence-corrected chi connectivity index (χ1v) is 8.52. The summed E-state index contributed by atoms with van der Waals surface area (Å²) in [4.78, 5) is 12.1. The molecule has 0 aliphatic heterocycles. The molecule has 2 N–H and O–H groups in total. The molecule has 0 spiro atoms. The van der Waals surface area contributed by atoms with E-state index in [1.165, 1.54) is 25.7 Å². The van der Waals surface area contributed by atoms with E-state index in [0.717, 1.165) is 18.7 Å². The van der Waals surface area contributed by atoms with Crippen LogP contribution in [0.2, 0.25) is 0 Å². The van der Waals surface area contributed by atoms with Gasteiger partial charge in [0.25, 0.3) is 0 Å². The van der Waals surface area contributed by atoms with Crippen LogP contribution in [0.15, 0.2) is 0 Å². The van der Waals surface area contributed by atoms with Gasteiger partial charge in [-0.3, -0.25) is 9.89 Å². The fourth-order valence-corrected chi connectivity index (χ4v) is 2.92. The minimum atomic E-state index is -0.398. The van der Waals surface area contributed by atoms with E-state index in [0.29, 0.717) is 17.7 Å². The summed E-state index contributed by atoms with van der Waals surface area (Å²) in [7, 11) is 1.86. The highest BCUT2D eigenvalue weighted by atomic mass is 32.1. The molecule has 1 aromatic rings. The Bertz CT molecular complexity index is 532. The summed E-state index contributed by atoms with van der Waals surface area (Å²) in [6.45, 7) is 2.36. The van der Waals surface area contributed by atoms with E-state index >= 15 is 0 Å². The molecule has 2 rings (SSSR count). The zero-order valence-corrected chi connectivity index (χ0v) is 14.2. The van der Waals surface area contributed by atoms with Gasteiger partial charge in [0.1, 0.15) is 11.9 Å². The number of carbonyl (C=O) groups is 1. The highest BCUT2D eigenvalue weighted by Crippen LogP contribution is 2.20. The Labute approximate surface area is 136 Å². The molecular weight excluding hydrogens is 300 g/mol. The van der Waals surface area contributed by atoms with Crippen molar-refractivity contribution in [2.24, 2.45) is 7.05 Å². The maximum absolute atomic E-state index is 12.1. The van der Waals surface area contributed by atoms with Gasteiger partial charge in [-0.05, 0) is 32.0 Å². The van der Waals surface area contributed by atoms with Crippen LogP contribution >= 0.6 is 12.2 Å². The largest absolute Gasteiger partial charge is 0.365 e. The van der Waals surface area contributed by atoms with Crippen LogP contribution in [-0.2, 0) is 23.0 Å². The summed E-state index contributed by atoms with van der Waals surface area (Å²) < 4.78 is 8.31. The van der Waals surface area contributed by atoms with Gasteiger partial charge in [-0.2, -0.15) is 5.10 Å². The van der Waals surface area contributed by atoms with Crippen LogP contribution in [0, 0.1) is 4.77 Å². The van der Waals surface area contributed by atoms with Crippen molar-refractivity contribution in [3.63, 3.8) is 0 Å². The molecule has 1 saturated carbocycles. The Morgan fingerprint density at radius 1 is 1.45 bits per heavy atom. The third-order valence-corrected chi connectivity index (χ3v) is 4.55. The SMILES string of the molecule is C[C@H](OC1CCCCCC1)C(=O)NCCc1n[nH]c(=S)n1C. The predicted octanol–water partition coefficient (Wildman–Crippen LogP) is 2.26. The van der Waals surface area contributed by atoms with Gasteiger partial charge in [0.2, 0.25) is 5.91 Å². The van der Waals surface area contributed by atoms with Crippen molar-refractivity contribution in [2.75, 3.05) is 6.54 Å². The maximum atomic E-state index is 12.1. The van der Waals surface area contributed by atoms with Crippen molar-refractivity contribution in [1.29, 1.82) is 0 Å². The third-order valence-electron chi connectivity index (χ3n) is 4.19. The Hall–Kier alpha value is -1.21. The molecule has 7 heteroatoms. The van der Waals surface area contributed by atoms with Gasteiger partial charge < -0.3 is 14.6 Å². The molecule has 0 saturated heterocycles. The normalized spacial score (nSPS) is 17.9. The second-order valence-electron chi connectivity index (χ2n) is 5.94. The van der Waals surface area contributed by atoms with E-state index < -0.39 is 6.10 Å². The molecule has 1 fully saturated rings. The third kappa shape index (κ3) is 4.91. The van der Waals surface area contributed by atoms with Crippen molar-refractivity contribution in [3.8, 4) is 0 Å². The van der Waals surface area contributed by atoms with E-state index in [1.807, 2.05) is 18.5 Å². The second kappa shape index (κ2) is 8.43. The number of ether oxygens (including phenoxy) is 1. The molecular formula is C15H26N4O2S. The molecule has 0 unspecified atom stereocenters. The first kappa shape index (κ1) is 17.1. The number of nitrogens with zero attached hydrogens (tertiary/aromatic N) is 2. The van der Waals surface area contributed by atoms with E-state index in [1.54, 1.807) is 0 Å². The number of amides is 1. The lowest BCUT2D eigenvalue weighted by molar-refractivity contribution is -0.135. The molecule has 1 atom stereocenters. The highest BCUT2D eigenvalue weighted by Gasteiger charge is 2.20. The van der Waals surface area contributed by atoms with Crippen LogP contribution in [0.3, 0.4) is 0 Å². The van der Waals surface area contributed by atoms with E-state index in [2.05, 4.69) is 15.5 Å². The number of H-pyrrole nitrogens is 1. The molecule has 0 radical (unpaired) electrons. The Balaban J connectivity index is 1.71. The maximum Gasteiger partial charge on any atom is 0.248 e.